The predicted molar refractivity (Wildman–Crippen MR) is 87.2 cm³/mol. The van der Waals surface area contributed by atoms with Gasteiger partial charge in [0, 0.05) is 6.42 Å². The lowest BCUT2D eigenvalue weighted by Gasteiger charge is -2.29. The third kappa shape index (κ3) is 7.25. The fraction of sp³-hybridized carbons (Fsp3) is 0.889. The van der Waals surface area contributed by atoms with Crippen LogP contribution in [0.5, 0.6) is 0 Å². The molecule has 9 heteroatoms. The van der Waals surface area contributed by atoms with Crippen molar-refractivity contribution in [3.8, 4) is 0 Å². The third-order valence-electron chi connectivity index (χ3n) is 5.10. The van der Waals surface area contributed by atoms with Gasteiger partial charge in [-0.15, -0.1) is 0 Å². The van der Waals surface area contributed by atoms with E-state index in [0.29, 0.717) is 32.1 Å². The molecule has 0 spiro atoms. The Morgan fingerprint density at radius 2 is 1.56 bits per heavy atom. The van der Waals surface area contributed by atoms with E-state index in [1.54, 1.807) is 0 Å². The van der Waals surface area contributed by atoms with Crippen LogP contribution in [0.4, 0.5) is 22.0 Å². The van der Waals surface area contributed by atoms with E-state index in [1.807, 2.05) is 20.8 Å². The van der Waals surface area contributed by atoms with Crippen LogP contribution in [0, 0.1) is 5.41 Å². The average Bonchev–Trinajstić information content (AvgIpc) is 2.98. The topological polar surface area (TPSA) is 52.6 Å². The molecule has 0 atom stereocenters. The van der Waals surface area contributed by atoms with Gasteiger partial charge in [0.2, 0.25) is 0 Å². The molecular weight excluding hydrogens is 375 g/mol. The first-order valence-electron chi connectivity index (χ1n) is 9.04. The van der Waals surface area contributed by atoms with Gasteiger partial charge in [-0.2, -0.15) is 22.0 Å². The second-order valence-corrected chi connectivity index (χ2v) is 7.92. The minimum Gasteiger partial charge on any atom is -0.459 e. The number of hydrogen-bond acceptors (Lipinski definition) is 4. The van der Waals surface area contributed by atoms with Crippen LogP contribution in [0.3, 0.4) is 0 Å². The van der Waals surface area contributed by atoms with Crippen molar-refractivity contribution in [3.63, 3.8) is 0 Å². The molecule has 0 aliphatic heterocycles. The van der Waals surface area contributed by atoms with Crippen LogP contribution in [-0.2, 0) is 19.1 Å². The molecule has 1 aliphatic rings. The lowest BCUT2D eigenvalue weighted by molar-refractivity contribution is -0.294. The van der Waals surface area contributed by atoms with Crippen molar-refractivity contribution in [3.05, 3.63) is 0 Å². The van der Waals surface area contributed by atoms with Crippen molar-refractivity contribution < 1.29 is 41.0 Å². The number of hydrogen-bond donors (Lipinski definition) is 0. The molecule has 0 aromatic rings. The first-order valence-corrected chi connectivity index (χ1v) is 9.04. The predicted octanol–water partition coefficient (Wildman–Crippen LogP) is 5.19. The molecule has 1 saturated carbocycles. The molecule has 0 radical (unpaired) electrons. The molecule has 0 N–H and O–H groups in total. The zero-order valence-corrected chi connectivity index (χ0v) is 15.9. The first-order chi connectivity index (χ1) is 12.2. The van der Waals surface area contributed by atoms with Gasteiger partial charge in [0.1, 0.15) is 5.60 Å². The number of carbonyl (C=O) groups is 2. The van der Waals surface area contributed by atoms with E-state index in [4.69, 9.17) is 4.74 Å². The summed E-state index contributed by atoms with van der Waals surface area (Å²) in [6.07, 6.45) is -2.70. The highest BCUT2D eigenvalue weighted by molar-refractivity contribution is 5.73. The van der Waals surface area contributed by atoms with Gasteiger partial charge in [-0.25, -0.2) is 0 Å². The van der Waals surface area contributed by atoms with Crippen LogP contribution in [0.15, 0.2) is 0 Å². The van der Waals surface area contributed by atoms with E-state index in [-0.39, 0.29) is 11.8 Å². The number of ether oxygens (including phenoxy) is 2. The number of halogens is 5. The van der Waals surface area contributed by atoms with Crippen molar-refractivity contribution in [1.29, 1.82) is 0 Å². The Labute approximate surface area is 155 Å². The summed E-state index contributed by atoms with van der Waals surface area (Å²) in [4.78, 5) is 24.0. The van der Waals surface area contributed by atoms with Gasteiger partial charge in [-0.05, 0) is 37.5 Å². The van der Waals surface area contributed by atoms with Crippen LogP contribution in [0.2, 0.25) is 0 Å². The lowest BCUT2D eigenvalue weighted by atomic mass is 9.85. The van der Waals surface area contributed by atoms with E-state index in [9.17, 15) is 31.5 Å². The maximum atomic E-state index is 12.9. The first kappa shape index (κ1) is 23.6. The SMILES string of the molecule is CCC(C)(C)CCC(=O)OC1(CC(=O)OCC(F)(F)C(F)(F)F)CCCC1. The number of alkyl halides is 5. The van der Waals surface area contributed by atoms with Crippen molar-refractivity contribution in [2.24, 2.45) is 5.41 Å². The highest BCUT2D eigenvalue weighted by atomic mass is 19.4. The van der Waals surface area contributed by atoms with E-state index in [0.717, 1.165) is 6.42 Å². The summed E-state index contributed by atoms with van der Waals surface area (Å²) in [5.41, 5.74) is -1.23. The molecule has 4 nitrogen and oxygen atoms in total. The standard InChI is InChI=1S/C18H27F5O4/c1-4-15(2,3)10-7-13(24)27-16(8-5-6-9-16)11-14(25)26-12-17(19,20)18(21,22)23/h4-12H2,1-3H3. The molecule has 0 heterocycles. The summed E-state index contributed by atoms with van der Waals surface area (Å²) in [5.74, 6) is -6.86. The fourth-order valence-electron chi connectivity index (χ4n) is 2.81. The van der Waals surface area contributed by atoms with Crippen molar-refractivity contribution in [2.45, 2.75) is 89.8 Å². The summed E-state index contributed by atoms with van der Waals surface area (Å²) in [6.45, 7) is 3.92. The van der Waals surface area contributed by atoms with Gasteiger partial charge >= 0.3 is 24.0 Å². The Kier molecular flexibility index (Phi) is 7.64. The summed E-state index contributed by atoms with van der Waals surface area (Å²) >= 11 is 0. The number of carbonyl (C=O) groups excluding carboxylic acids is 2. The maximum absolute atomic E-state index is 12.9. The van der Waals surface area contributed by atoms with Crippen LogP contribution in [0.1, 0.15) is 72.1 Å². The van der Waals surface area contributed by atoms with Gasteiger partial charge in [-0.3, -0.25) is 9.59 Å². The van der Waals surface area contributed by atoms with Gasteiger partial charge in [0.05, 0.1) is 6.42 Å². The Morgan fingerprint density at radius 3 is 2.04 bits per heavy atom. The Bertz CT molecular complexity index is 522. The summed E-state index contributed by atoms with van der Waals surface area (Å²) < 4.78 is 71.7. The van der Waals surface area contributed by atoms with E-state index < -0.39 is 42.7 Å². The van der Waals surface area contributed by atoms with E-state index >= 15 is 0 Å². The second kappa shape index (κ2) is 8.73. The monoisotopic (exact) mass is 402 g/mol. The molecule has 27 heavy (non-hydrogen) atoms. The van der Waals surface area contributed by atoms with Crippen molar-refractivity contribution >= 4 is 11.9 Å². The minimum absolute atomic E-state index is 0.0516. The molecule has 0 saturated heterocycles. The molecule has 158 valence electrons. The van der Waals surface area contributed by atoms with Gasteiger partial charge in [-0.1, -0.05) is 27.2 Å². The molecule has 1 rings (SSSR count). The highest BCUT2D eigenvalue weighted by Gasteiger charge is 2.58. The quantitative estimate of drug-likeness (QED) is 0.393. The largest absolute Gasteiger partial charge is 0.459 e. The molecule has 0 aromatic heterocycles. The zero-order chi connectivity index (χ0) is 20.9. The second-order valence-electron chi connectivity index (χ2n) is 7.92. The van der Waals surface area contributed by atoms with Crippen LogP contribution in [0.25, 0.3) is 0 Å². The summed E-state index contributed by atoms with van der Waals surface area (Å²) in [7, 11) is 0. The van der Waals surface area contributed by atoms with Crippen LogP contribution in [-0.4, -0.2) is 36.2 Å². The molecule has 0 bridgehead atoms. The fourth-order valence-corrected chi connectivity index (χ4v) is 2.81. The maximum Gasteiger partial charge on any atom is 0.456 e. The third-order valence-corrected chi connectivity index (χ3v) is 5.10. The zero-order valence-electron chi connectivity index (χ0n) is 15.9. The van der Waals surface area contributed by atoms with Gasteiger partial charge < -0.3 is 9.47 Å². The minimum atomic E-state index is -5.79. The van der Waals surface area contributed by atoms with E-state index in [2.05, 4.69) is 4.74 Å². The smallest absolute Gasteiger partial charge is 0.456 e. The van der Waals surface area contributed by atoms with Crippen molar-refractivity contribution in [1.82, 2.24) is 0 Å². The molecule has 1 aliphatic carbocycles. The number of rotatable bonds is 9. The molecule has 0 unspecified atom stereocenters. The van der Waals surface area contributed by atoms with Gasteiger partial charge in [0.15, 0.2) is 6.61 Å². The molecule has 0 aromatic carbocycles. The number of esters is 2. The van der Waals surface area contributed by atoms with Gasteiger partial charge in [0.25, 0.3) is 0 Å². The Hall–Kier alpha value is -1.41. The average molecular weight is 402 g/mol. The highest BCUT2D eigenvalue weighted by Crippen LogP contribution is 2.39. The Balaban J connectivity index is 2.62. The Morgan fingerprint density at radius 1 is 1.00 bits per heavy atom. The summed E-state index contributed by atoms with van der Waals surface area (Å²) in [5, 5.41) is 0. The lowest BCUT2D eigenvalue weighted by Crippen LogP contribution is -2.42. The summed E-state index contributed by atoms with van der Waals surface area (Å²) in [6, 6.07) is 0. The van der Waals surface area contributed by atoms with E-state index in [1.165, 1.54) is 0 Å². The van der Waals surface area contributed by atoms with Crippen molar-refractivity contribution in [2.75, 3.05) is 6.61 Å². The molecular formula is C18H27F5O4. The normalized spacial score (nSPS) is 17.6. The van der Waals surface area contributed by atoms with Crippen LogP contribution >= 0.6 is 0 Å². The van der Waals surface area contributed by atoms with Crippen LogP contribution < -0.4 is 0 Å². The molecule has 1 fully saturated rings. The molecule has 0 amide bonds.